The number of ketones is 1. The first-order valence-corrected chi connectivity index (χ1v) is 13.4. The van der Waals surface area contributed by atoms with Gasteiger partial charge in [-0.25, -0.2) is 0 Å². The Bertz CT molecular complexity index is 1270. The summed E-state index contributed by atoms with van der Waals surface area (Å²) in [7, 11) is 0. The van der Waals surface area contributed by atoms with Gasteiger partial charge in [0.05, 0.1) is 18.7 Å². The van der Waals surface area contributed by atoms with Gasteiger partial charge >= 0.3 is 0 Å². The van der Waals surface area contributed by atoms with E-state index < -0.39 is 12.0 Å². The molecule has 39 heavy (non-hydrogen) atoms. The lowest BCUT2D eigenvalue weighted by molar-refractivity contribution is -0.122. The van der Waals surface area contributed by atoms with Crippen LogP contribution < -0.4 is 20.1 Å². The van der Waals surface area contributed by atoms with Gasteiger partial charge in [0.2, 0.25) is 5.91 Å². The van der Waals surface area contributed by atoms with E-state index in [-0.39, 0.29) is 23.5 Å². The summed E-state index contributed by atoms with van der Waals surface area (Å²) in [4.78, 5) is 38.0. The molecule has 1 atom stereocenters. The number of carbonyl (C=O) groups is 3. The average molecular weight is 531 g/mol. The van der Waals surface area contributed by atoms with Gasteiger partial charge in [0, 0.05) is 11.3 Å². The maximum atomic E-state index is 12.9. The highest BCUT2D eigenvalue weighted by molar-refractivity contribution is 6.11. The van der Waals surface area contributed by atoms with Gasteiger partial charge in [-0.1, -0.05) is 52.0 Å². The number of hydrogen-bond acceptors (Lipinski definition) is 5. The second-order valence-corrected chi connectivity index (χ2v) is 9.92. The molecule has 0 bridgehead atoms. The number of hydrogen-bond donors (Lipinski definition) is 2. The summed E-state index contributed by atoms with van der Waals surface area (Å²) in [6, 6.07) is 21.4. The van der Waals surface area contributed by atoms with Crippen LogP contribution in [0.5, 0.6) is 11.5 Å². The molecule has 0 saturated carbocycles. The minimum Gasteiger partial charge on any atom is -0.492 e. The molecule has 0 aliphatic carbocycles. The SMILES string of the molecule is CCOc1ccccc1NC(=O)CC(=O)c1ccc(NC(=O)C(CC)Oc2ccc(C(C)(C)CC)cc2)cc1. The molecular weight excluding hydrogens is 492 g/mol. The van der Waals surface area contributed by atoms with Gasteiger partial charge in [-0.05, 0) is 79.3 Å². The van der Waals surface area contributed by atoms with Crippen molar-refractivity contribution in [3.63, 3.8) is 0 Å². The van der Waals surface area contributed by atoms with Crippen LogP contribution in [0.15, 0.2) is 72.8 Å². The number of benzene rings is 3. The first-order chi connectivity index (χ1) is 18.7. The van der Waals surface area contributed by atoms with E-state index >= 15 is 0 Å². The molecule has 1 unspecified atom stereocenters. The van der Waals surface area contributed by atoms with Crippen LogP contribution >= 0.6 is 0 Å². The topological polar surface area (TPSA) is 93.7 Å². The molecule has 0 heterocycles. The van der Waals surface area contributed by atoms with Gasteiger partial charge in [0.25, 0.3) is 5.91 Å². The molecule has 206 valence electrons. The highest BCUT2D eigenvalue weighted by Gasteiger charge is 2.21. The normalized spacial score (nSPS) is 11.8. The molecule has 0 radical (unpaired) electrons. The van der Waals surface area contributed by atoms with Gasteiger partial charge in [-0.2, -0.15) is 0 Å². The zero-order valence-corrected chi connectivity index (χ0v) is 23.4. The van der Waals surface area contributed by atoms with Crippen molar-refractivity contribution in [2.75, 3.05) is 17.2 Å². The van der Waals surface area contributed by atoms with Crippen molar-refractivity contribution < 1.29 is 23.9 Å². The second kappa shape index (κ2) is 13.6. The van der Waals surface area contributed by atoms with Crippen molar-refractivity contribution in [2.24, 2.45) is 0 Å². The van der Waals surface area contributed by atoms with Crippen molar-refractivity contribution >= 4 is 29.0 Å². The summed E-state index contributed by atoms with van der Waals surface area (Å²) in [5.74, 6) is 0.146. The molecule has 0 aliphatic heterocycles. The Morgan fingerprint density at radius 1 is 0.846 bits per heavy atom. The van der Waals surface area contributed by atoms with Crippen LogP contribution in [0.4, 0.5) is 11.4 Å². The summed E-state index contributed by atoms with van der Waals surface area (Å²) >= 11 is 0. The highest BCUT2D eigenvalue weighted by Crippen LogP contribution is 2.28. The molecule has 3 aromatic rings. The fourth-order valence-corrected chi connectivity index (χ4v) is 3.93. The number of carbonyl (C=O) groups excluding carboxylic acids is 3. The van der Waals surface area contributed by atoms with E-state index in [0.717, 1.165) is 6.42 Å². The first kappa shape index (κ1) is 29.4. The van der Waals surface area contributed by atoms with Gasteiger partial charge < -0.3 is 20.1 Å². The molecule has 7 heteroatoms. The van der Waals surface area contributed by atoms with Crippen LogP contribution in [0.2, 0.25) is 0 Å². The lowest BCUT2D eigenvalue weighted by Crippen LogP contribution is -2.32. The average Bonchev–Trinajstić information content (AvgIpc) is 2.93. The van der Waals surface area contributed by atoms with E-state index in [1.165, 1.54) is 5.56 Å². The van der Waals surface area contributed by atoms with E-state index in [4.69, 9.17) is 9.47 Å². The number of anilines is 2. The maximum Gasteiger partial charge on any atom is 0.265 e. The highest BCUT2D eigenvalue weighted by atomic mass is 16.5. The summed E-state index contributed by atoms with van der Waals surface area (Å²) in [5, 5.41) is 5.58. The Balaban J connectivity index is 1.56. The van der Waals surface area contributed by atoms with Gasteiger partial charge in [0.15, 0.2) is 11.9 Å². The molecular formula is C32H38N2O5. The first-order valence-electron chi connectivity index (χ1n) is 13.4. The Morgan fingerprint density at radius 2 is 1.51 bits per heavy atom. The van der Waals surface area contributed by atoms with Crippen LogP contribution in [0.3, 0.4) is 0 Å². The molecule has 0 spiro atoms. The Kier molecular flexibility index (Phi) is 10.3. The third-order valence-electron chi connectivity index (χ3n) is 6.72. The number of nitrogens with one attached hydrogen (secondary N) is 2. The minimum absolute atomic E-state index is 0.0758. The number of Topliss-reactive ketones (excluding diaryl/α,β-unsaturated/α-hetero) is 1. The smallest absolute Gasteiger partial charge is 0.265 e. The lowest BCUT2D eigenvalue weighted by atomic mass is 9.82. The molecule has 3 rings (SSSR count). The summed E-state index contributed by atoms with van der Waals surface area (Å²) in [6.07, 6.45) is 0.533. The Morgan fingerprint density at radius 3 is 2.13 bits per heavy atom. The number of rotatable bonds is 13. The fraction of sp³-hybridized carbons (Fsp3) is 0.344. The van der Waals surface area contributed by atoms with Crippen molar-refractivity contribution in [3.05, 3.63) is 83.9 Å². The largest absolute Gasteiger partial charge is 0.492 e. The van der Waals surface area contributed by atoms with Crippen LogP contribution in [-0.4, -0.2) is 30.3 Å². The monoisotopic (exact) mass is 530 g/mol. The van der Waals surface area contributed by atoms with Gasteiger partial charge in [0.1, 0.15) is 11.5 Å². The van der Waals surface area contributed by atoms with Crippen molar-refractivity contribution in [1.82, 2.24) is 0 Å². The second-order valence-electron chi connectivity index (χ2n) is 9.92. The molecule has 0 saturated heterocycles. The zero-order chi connectivity index (χ0) is 28.4. The fourth-order valence-electron chi connectivity index (χ4n) is 3.93. The van der Waals surface area contributed by atoms with Crippen molar-refractivity contribution in [3.8, 4) is 11.5 Å². The van der Waals surface area contributed by atoms with Gasteiger partial charge in [-0.3, -0.25) is 14.4 Å². The van der Waals surface area contributed by atoms with Crippen LogP contribution in [0.1, 0.15) is 69.8 Å². The lowest BCUT2D eigenvalue weighted by Gasteiger charge is -2.24. The molecule has 2 N–H and O–H groups in total. The summed E-state index contributed by atoms with van der Waals surface area (Å²) < 4.78 is 11.5. The molecule has 3 aromatic carbocycles. The summed E-state index contributed by atoms with van der Waals surface area (Å²) in [5.41, 5.74) is 2.72. The van der Waals surface area contributed by atoms with Gasteiger partial charge in [-0.15, -0.1) is 0 Å². The Hall–Kier alpha value is -4.13. The molecule has 2 amide bonds. The van der Waals surface area contributed by atoms with E-state index in [1.54, 1.807) is 42.5 Å². The third-order valence-corrected chi connectivity index (χ3v) is 6.72. The predicted molar refractivity (Wildman–Crippen MR) is 155 cm³/mol. The van der Waals surface area contributed by atoms with E-state index in [1.807, 2.05) is 44.2 Å². The molecule has 0 aromatic heterocycles. The van der Waals surface area contributed by atoms with Crippen molar-refractivity contribution in [1.29, 1.82) is 0 Å². The number of amides is 2. The molecule has 7 nitrogen and oxygen atoms in total. The van der Waals surface area contributed by atoms with E-state index in [0.29, 0.717) is 41.5 Å². The molecule has 0 fully saturated rings. The Labute approximate surface area is 230 Å². The maximum absolute atomic E-state index is 12.9. The third kappa shape index (κ3) is 8.18. The molecule has 0 aliphatic rings. The van der Waals surface area contributed by atoms with E-state index in [2.05, 4.69) is 31.4 Å². The predicted octanol–water partition coefficient (Wildman–Crippen LogP) is 6.78. The van der Waals surface area contributed by atoms with Crippen molar-refractivity contribution in [2.45, 2.75) is 65.4 Å². The standard InChI is InChI=1S/C32H38N2O5/c1-6-28(39-25-19-15-23(16-20-25)32(4,5)7-2)31(37)33-24-17-13-22(14-18-24)27(35)21-30(36)34-26-11-9-10-12-29(26)38-8-3/h9-20,28H,6-8,21H2,1-5H3,(H,33,37)(H,34,36). The summed E-state index contributed by atoms with van der Waals surface area (Å²) in [6.45, 7) is 10.8. The zero-order valence-electron chi connectivity index (χ0n) is 23.4. The van der Waals surface area contributed by atoms with Crippen LogP contribution in [0, 0.1) is 0 Å². The number of para-hydroxylation sites is 2. The van der Waals surface area contributed by atoms with Crippen LogP contribution in [0.25, 0.3) is 0 Å². The van der Waals surface area contributed by atoms with Crippen LogP contribution in [-0.2, 0) is 15.0 Å². The minimum atomic E-state index is -0.667. The number of ether oxygens (including phenoxy) is 2. The van der Waals surface area contributed by atoms with E-state index in [9.17, 15) is 14.4 Å². The quantitative estimate of drug-likeness (QED) is 0.188.